The number of carboxylic acids is 2. The summed E-state index contributed by atoms with van der Waals surface area (Å²) in [6.07, 6.45) is 2.47. The lowest BCUT2D eigenvalue weighted by Gasteiger charge is -2.38. The van der Waals surface area contributed by atoms with Gasteiger partial charge in [-0.05, 0) is 38.8 Å². The molecule has 2 saturated heterocycles. The van der Waals surface area contributed by atoms with Crippen LogP contribution in [0.25, 0.3) is 0 Å². The highest BCUT2D eigenvalue weighted by Crippen LogP contribution is 2.24. The molecule has 0 aromatic rings. The highest BCUT2D eigenvalue weighted by molar-refractivity contribution is 5.70. The molecular formula is C12H20N2O4. The minimum atomic E-state index is -0.743. The number of aliphatic carboxylic acids is 2. The summed E-state index contributed by atoms with van der Waals surface area (Å²) in [5.74, 6) is -2.09. The number of carbonyl (C=O) groups is 2. The number of carboxylic acid groups (broad SMARTS) is 2. The first-order valence-corrected chi connectivity index (χ1v) is 6.50. The summed E-state index contributed by atoms with van der Waals surface area (Å²) in [5.41, 5.74) is 0. The van der Waals surface area contributed by atoms with Gasteiger partial charge in [0, 0.05) is 12.1 Å². The molecule has 2 aliphatic heterocycles. The Morgan fingerprint density at radius 1 is 0.833 bits per heavy atom. The molecule has 0 aliphatic carbocycles. The minimum Gasteiger partial charge on any atom is -0.481 e. The predicted molar refractivity (Wildman–Crippen MR) is 64.3 cm³/mol. The van der Waals surface area contributed by atoms with Crippen LogP contribution in [0.15, 0.2) is 0 Å². The molecular weight excluding hydrogens is 236 g/mol. The number of hydrogen-bond acceptors (Lipinski definition) is 4. The Bertz CT molecular complexity index is 302. The maximum Gasteiger partial charge on any atom is 0.306 e. The van der Waals surface area contributed by atoms with Crippen LogP contribution in [0.3, 0.4) is 0 Å². The van der Waals surface area contributed by atoms with E-state index in [1.54, 1.807) is 0 Å². The van der Waals surface area contributed by atoms with Gasteiger partial charge in [-0.15, -0.1) is 0 Å². The van der Waals surface area contributed by atoms with Gasteiger partial charge in [-0.2, -0.15) is 0 Å². The topological polar surface area (TPSA) is 98.7 Å². The van der Waals surface area contributed by atoms with E-state index in [0.717, 1.165) is 0 Å². The van der Waals surface area contributed by atoms with Crippen molar-refractivity contribution < 1.29 is 19.8 Å². The molecule has 0 radical (unpaired) electrons. The van der Waals surface area contributed by atoms with Crippen LogP contribution in [0.5, 0.6) is 0 Å². The number of nitrogens with one attached hydrogen (secondary N) is 2. The normalized spacial score (nSPS) is 37.1. The van der Waals surface area contributed by atoms with E-state index >= 15 is 0 Å². The summed E-state index contributed by atoms with van der Waals surface area (Å²) >= 11 is 0. The standard InChI is InChI=1S/C12H20N2O4/c15-11(16)7-1-3-13-9(5-7)10-6-8(12(17)18)2-4-14-10/h7-10,13-14H,1-6H2,(H,15,16)(H,17,18). The van der Waals surface area contributed by atoms with Gasteiger partial charge in [0.15, 0.2) is 0 Å². The molecule has 2 fully saturated rings. The molecule has 102 valence electrons. The van der Waals surface area contributed by atoms with E-state index in [9.17, 15) is 9.59 Å². The first kappa shape index (κ1) is 13.3. The van der Waals surface area contributed by atoms with Crippen molar-refractivity contribution in [3.8, 4) is 0 Å². The second kappa shape index (κ2) is 5.67. The van der Waals surface area contributed by atoms with Crippen LogP contribution >= 0.6 is 0 Å². The fourth-order valence-corrected chi connectivity index (χ4v) is 2.96. The summed E-state index contributed by atoms with van der Waals surface area (Å²) in [7, 11) is 0. The zero-order chi connectivity index (χ0) is 13.1. The summed E-state index contributed by atoms with van der Waals surface area (Å²) in [4.78, 5) is 22.0. The van der Waals surface area contributed by atoms with Crippen LogP contribution < -0.4 is 10.6 Å². The van der Waals surface area contributed by atoms with Gasteiger partial charge in [0.25, 0.3) is 0 Å². The summed E-state index contributed by atoms with van der Waals surface area (Å²) in [6.45, 7) is 1.38. The fourth-order valence-electron chi connectivity index (χ4n) is 2.96. The van der Waals surface area contributed by atoms with Crippen molar-refractivity contribution in [2.45, 2.75) is 37.8 Å². The zero-order valence-electron chi connectivity index (χ0n) is 10.3. The molecule has 4 unspecified atom stereocenters. The lowest BCUT2D eigenvalue weighted by Crippen LogP contribution is -2.55. The highest BCUT2D eigenvalue weighted by Gasteiger charge is 2.35. The monoisotopic (exact) mass is 256 g/mol. The van der Waals surface area contributed by atoms with Gasteiger partial charge in [-0.25, -0.2) is 0 Å². The van der Waals surface area contributed by atoms with Gasteiger partial charge in [0.05, 0.1) is 11.8 Å². The number of rotatable bonds is 3. The van der Waals surface area contributed by atoms with E-state index in [-0.39, 0.29) is 23.9 Å². The predicted octanol–water partition coefficient (Wildman–Crippen LogP) is -0.108. The third-order valence-corrected chi connectivity index (χ3v) is 4.06. The quantitative estimate of drug-likeness (QED) is 0.562. The summed E-state index contributed by atoms with van der Waals surface area (Å²) in [6, 6.07) is 0.143. The largest absolute Gasteiger partial charge is 0.481 e. The van der Waals surface area contributed by atoms with Crippen molar-refractivity contribution in [2.75, 3.05) is 13.1 Å². The van der Waals surface area contributed by atoms with Crippen molar-refractivity contribution in [2.24, 2.45) is 11.8 Å². The van der Waals surface area contributed by atoms with E-state index in [2.05, 4.69) is 10.6 Å². The molecule has 18 heavy (non-hydrogen) atoms. The second-order valence-electron chi connectivity index (χ2n) is 5.24. The zero-order valence-corrected chi connectivity index (χ0v) is 10.3. The fraction of sp³-hybridized carbons (Fsp3) is 0.833. The van der Waals surface area contributed by atoms with E-state index in [1.165, 1.54) is 0 Å². The molecule has 0 spiro atoms. The minimum absolute atomic E-state index is 0.0713. The van der Waals surface area contributed by atoms with Crippen LogP contribution in [-0.2, 0) is 9.59 Å². The smallest absolute Gasteiger partial charge is 0.306 e. The van der Waals surface area contributed by atoms with Gasteiger partial charge in [-0.1, -0.05) is 0 Å². The Morgan fingerprint density at radius 3 is 1.56 bits per heavy atom. The second-order valence-corrected chi connectivity index (χ2v) is 5.24. The van der Waals surface area contributed by atoms with Crippen LogP contribution in [0.1, 0.15) is 25.7 Å². The number of piperidine rings is 2. The lowest BCUT2D eigenvalue weighted by atomic mass is 9.82. The molecule has 0 aromatic carbocycles. The molecule has 0 aromatic heterocycles. The van der Waals surface area contributed by atoms with Gasteiger partial charge in [0.2, 0.25) is 0 Å². The van der Waals surface area contributed by atoms with Gasteiger partial charge in [0.1, 0.15) is 0 Å². The molecule has 6 nitrogen and oxygen atoms in total. The van der Waals surface area contributed by atoms with E-state index in [0.29, 0.717) is 38.8 Å². The first-order chi connectivity index (χ1) is 8.58. The van der Waals surface area contributed by atoms with Crippen molar-refractivity contribution in [3.63, 3.8) is 0 Å². The Hall–Kier alpha value is -1.14. The molecule has 4 N–H and O–H groups in total. The first-order valence-electron chi connectivity index (χ1n) is 6.50. The third-order valence-electron chi connectivity index (χ3n) is 4.06. The Labute approximate surface area is 106 Å². The van der Waals surface area contributed by atoms with E-state index in [4.69, 9.17) is 10.2 Å². The van der Waals surface area contributed by atoms with Crippen molar-refractivity contribution >= 4 is 11.9 Å². The van der Waals surface area contributed by atoms with Crippen molar-refractivity contribution in [1.29, 1.82) is 0 Å². The van der Waals surface area contributed by atoms with Crippen LogP contribution in [0.4, 0.5) is 0 Å². The Morgan fingerprint density at radius 2 is 1.22 bits per heavy atom. The SMILES string of the molecule is O=C(O)C1CCNC(C2CC(C(=O)O)CCN2)C1. The Balaban J connectivity index is 1.94. The van der Waals surface area contributed by atoms with Crippen LogP contribution in [-0.4, -0.2) is 47.3 Å². The molecule has 0 amide bonds. The van der Waals surface area contributed by atoms with Crippen molar-refractivity contribution in [3.05, 3.63) is 0 Å². The van der Waals surface area contributed by atoms with Crippen LogP contribution in [0.2, 0.25) is 0 Å². The average molecular weight is 256 g/mol. The highest BCUT2D eigenvalue weighted by atomic mass is 16.4. The third kappa shape index (κ3) is 3.00. The summed E-state index contributed by atoms with van der Waals surface area (Å²) in [5, 5.41) is 24.7. The molecule has 2 rings (SSSR count). The average Bonchev–Trinajstić information content (AvgIpc) is 2.39. The number of hydrogen-bond donors (Lipinski definition) is 4. The maximum absolute atomic E-state index is 11.0. The summed E-state index contributed by atoms with van der Waals surface area (Å²) < 4.78 is 0. The molecule has 0 bridgehead atoms. The Kier molecular flexibility index (Phi) is 4.19. The van der Waals surface area contributed by atoms with Gasteiger partial charge in [-0.3, -0.25) is 9.59 Å². The van der Waals surface area contributed by atoms with E-state index < -0.39 is 11.9 Å². The van der Waals surface area contributed by atoms with Gasteiger partial charge < -0.3 is 20.8 Å². The molecule has 2 aliphatic rings. The maximum atomic E-state index is 11.0. The van der Waals surface area contributed by atoms with E-state index in [1.807, 2.05) is 0 Å². The molecule has 0 saturated carbocycles. The van der Waals surface area contributed by atoms with Crippen LogP contribution in [0, 0.1) is 11.8 Å². The molecule has 2 heterocycles. The van der Waals surface area contributed by atoms with Gasteiger partial charge >= 0.3 is 11.9 Å². The van der Waals surface area contributed by atoms with Crippen molar-refractivity contribution in [1.82, 2.24) is 10.6 Å². The lowest BCUT2D eigenvalue weighted by molar-refractivity contribution is -0.145. The molecule has 4 atom stereocenters. The molecule has 6 heteroatoms.